The maximum Gasteiger partial charge on any atom is 0.238 e. The molecule has 0 aliphatic heterocycles. The van der Waals surface area contributed by atoms with E-state index in [1.807, 2.05) is 0 Å². The number of aromatic nitrogens is 2. The number of rotatable bonds is 3. The Kier molecular flexibility index (Phi) is 2.57. The summed E-state index contributed by atoms with van der Waals surface area (Å²) in [6.45, 7) is 1.33. The van der Waals surface area contributed by atoms with E-state index in [1.165, 1.54) is 26.4 Å². The molecule has 1 aromatic rings. The van der Waals surface area contributed by atoms with Crippen LogP contribution >= 0.6 is 0 Å². The van der Waals surface area contributed by atoms with Crippen LogP contribution < -0.4 is 4.74 Å². The highest BCUT2D eigenvalue weighted by molar-refractivity contribution is 5.65. The van der Waals surface area contributed by atoms with E-state index >= 15 is 0 Å². The van der Waals surface area contributed by atoms with Crippen molar-refractivity contribution in [2.45, 2.75) is 12.5 Å². The number of nitrogens with zero attached hydrogens (tertiary/aromatic N) is 2. The molecule has 1 rings (SSSR count). The SMILES string of the molecule is COc1nccnc1C(C)(O)C=O. The van der Waals surface area contributed by atoms with Gasteiger partial charge < -0.3 is 9.84 Å². The monoisotopic (exact) mass is 182 g/mol. The summed E-state index contributed by atoms with van der Waals surface area (Å²) in [6.07, 6.45) is 3.19. The van der Waals surface area contributed by atoms with Crippen molar-refractivity contribution in [1.29, 1.82) is 0 Å². The normalized spacial score (nSPS) is 14.7. The van der Waals surface area contributed by atoms with Gasteiger partial charge in [0.15, 0.2) is 11.9 Å². The van der Waals surface area contributed by atoms with Crippen molar-refractivity contribution in [3.8, 4) is 5.88 Å². The number of aldehydes is 1. The van der Waals surface area contributed by atoms with Gasteiger partial charge in [0, 0.05) is 12.4 Å². The van der Waals surface area contributed by atoms with Crippen molar-refractivity contribution in [1.82, 2.24) is 9.97 Å². The molecular formula is C8H10N2O3. The van der Waals surface area contributed by atoms with Gasteiger partial charge in [0.05, 0.1) is 7.11 Å². The van der Waals surface area contributed by atoms with Crippen molar-refractivity contribution in [2.75, 3.05) is 7.11 Å². The van der Waals surface area contributed by atoms with Crippen LogP contribution in [0.15, 0.2) is 12.4 Å². The lowest BCUT2D eigenvalue weighted by atomic mass is 10.1. The highest BCUT2D eigenvalue weighted by Crippen LogP contribution is 2.22. The number of ether oxygens (including phenoxy) is 1. The number of methoxy groups -OCH3 is 1. The Bertz CT molecular complexity index is 312. The van der Waals surface area contributed by atoms with Gasteiger partial charge in [0.25, 0.3) is 0 Å². The van der Waals surface area contributed by atoms with Crippen LogP contribution in [0.4, 0.5) is 0 Å². The number of aliphatic hydroxyl groups is 1. The Morgan fingerprint density at radius 3 is 2.69 bits per heavy atom. The molecule has 1 heterocycles. The fraction of sp³-hybridized carbons (Fsp3) is 0.375. The Balaban J connectivity index is 3.20. The Hall–Kier alpha value is -1.49. The summed E-state index contributed by atoms with van der Waals surface area (Å²) in [4.78, 5) is 18.2. The fourth-order valence-electron chi connectivity index (χ4n) is 0.878. The molecule has 0 fully saturated rings. The highest BCUT2D eigenvalue weighted by atomic mass is 16.5. The molecule has 0 amide bonds. The molecule has 0 aliphatic carbocycles. The van der Waals surface area contributed by atoms with E-state index in [1.54, 1.807) is 0 Å². The second-order valence-electron chi connectivity index (χ2n) is 2.68. The van der Waals surface area contributed by atoms with Gasteiger partial charge in [-0.25, -0.2) is 4.98 Å². The van der Waals surface area contributed by atoms with Crippen LogP contribution in [0.3, 0.4) is 0 Å². The summed E-state index contributed by atoms with van der Waals surface area (Å²) in [7, 11) is 1.40. The second-order valence-corrected chi connectivity index (χ2v) is 2.68. The van der Waals surface area contributed by atoms with E-state index in [9.17, 15) is 9.90 Å². The van der Waals surface area contributed by atoms with Crippen LogP contribution in [0.25, 0.3) is 0 Å². The lowest BCUT2D eigenvalue weighted by Gasteiger charge is -2.16. The number of carbonyl (C=O) groups is 1. The standard InChI is InChI=1S/C8H10N2O3/c1-8(12,5-11)6-7(13-2)10-4-3-9-6/h3-5,12H,1-2H3. The quantitative estimate of drug-likeness (QED) is 0.660. The first-order chi connectivity index (χ1) is 6.11. The van der Waals surface area contributed by atoms with Crippen LogP contribution in [-0.4, -0.2) is 28.5 Å². The highest BCUT2D eigenvalue weighted by Gasteiger charge is 2.28. The van der Waals surface area contributed by atoms with Crippen LogP contribution in [0.2, 0.25) is 0 Å². The number of hydrogen-bond donors (Lipinski definition) is 1. The summed E-state index contributed by atoms with van der Waals surface area (Å²) in [6, 6.07) is 0. The fourth-order valence-corrected chi connectivity index (χ4v) is 0.878. The number of hydrogen-bond acceptors (Lipinski definition) is 5. The first-order valence-electron chi connectivity index (χ1n) is 3.66. The van der Waals surface area contributed by atoms with Crippen molar-refractivity contribution < 1.29 is 14.6 Å². The molecule has 5 heteroatoms. The first-order valence-corrected chi connectivity index (χ1v) is 3.66. The van der Waals surface area contributed by atoms with Crippen molar-refractivity contribution in [3.63, 3.8) is 0 Å². The van der Waals surface area contributed by atoms with Gasteiger partial charge in [-0.2, -0.15) is 0 Å². The van der Waals surface area contributed by atoms with Crippen molar-refractivity contribution >= 4 is 6.29 Å². The molecule has 1 unspecified atom stereocenters. The molecular weight excluding hydrogens is 172 g/mol. The molecule has 1 N–H and O–H groups in total. The van der Waals surface area contributed by atoms with E-state index < -0.39 is 5.60 Å². The molecule has 13 heavy (non-hydrogen) atoms. The minimum Gasteiger partial charge on any atom is -0.480 e. The largest absolute Gasteiger partial charge is 0.480 e. The molecule has 0 bridgehead atoms. The summed E-state index contributed by atoms with van der Waals surface area (Å²) in [5, 5.41) is 9.56. The topological polar surface area (TPSA) is 72.3 Å². The lowest BCUT2D eigenvalue weighted by molar-refractivity contribution is -0.123. The van der Waals surface area contributed by atoms with E-state index in [0.717, 1.165) is 0 Å². The van der Waals surface area contributed by atoms with E-state index in [2.05, 4.69) is 9.97 Å². The van der Waals surface area contributed by atoms with Crippen LogP contribution in [0, 0.1) is 0 Å². The van der Waals surface area contributed by atoms with E-state index in [-0.39, 0.29) is 11.6 Å². The molecule has 0 saturated carbocycles. The summed E-state index contributed by atoms with van der Waals surface area (Å²) < 4.78 is 4.84. The predicted molar refractivity (Wildman–Crippen MR) is 44.2 cm³/mol. The van der Waals surface area contributed by atoms with Gasteiger partial charge >= 0.3 is 0 Å². The maximum absolute atomic E-state index is 10.5. The average molecular weight is 182 g/mol. The molecule has 0 spiro atoms. The molecule has 5 nitrogen and oxygen atoms in total. The van der Waals surface area contributed by atoms with Gasteiger partial charge in [-0.1, -0.05) is 0 Å². The van der Waals surface area contributed by atoms with Gasteiger partial charge in [-0.05, 0) is 6.92 Å². The van der Waals surface area contributed by atoms with Crippen LogP contribution in [-0.2, 0) is 10.4 Å². The third-order valence-electron chi connectivity index (χ3n) is 1.57. The molecule has 0 saturated heterocycles. The Morgan fingerprint density at radius 1 is 1.54 bits per heavy atom. The third-order valence-corrected chi connectivity index (χ3v) is 1.57. The first kappa shape index (κ1) is 9.60. The van der Waals surface area contributed by atoms with Gasteiger partial charge in [0.1, 0.15) is 5.69 Å². The average Bonchev–Trinajstić information content (AvgIpc) is 2.18. The molecule has 1 aromatic heterocycles. The van der Waals surface area contributed by atoms with Crippen LogP contribution in [0.1, 0.15) is 12.6 Å². The summed E-state index contributed by atoms with van der Waals surface area (Å²) in [5.41, 5.74) is -1.54. The molecule has 70 valence electrons. The van der Waals surface area contributed by atoms with E-state index in [4.69, 9.17) is 4.74 Å². The van der Waals surface area contributed by atoms with Gasteiger partial charge in [0.2, 0.25) is 5.88 Å². The van der Waals surface area contributed by atoms with Crippen molar-refractivity contribution in [3.05, 3.63) is 18.1 Å². The van der Waals surface area contributed by atoms with Gasteiger partial charge in [-0.3, -0.25) is 9.78 Å². The number of carbonyl (C=O) groups excluding carboxylic acids is 1. The Morgan fingerprint density at radius 2 is 2.15 bits per heavy atom. The maximum atomic E-state index is 10.5. The molecule has 1 atom stereocenters. The minimum absolute atomic E-state index is 0.118. The molecule has 0 radical (unpaired) electrons. The smallest absolute Gasteiger partial charge is 0.238 e. The third kappa shape index (κ3) is 1.81. The zero-order valence-corrected chi connectivity index (χ0v) is 7.39. The van der Waals surface area contributed by atoms with Gasteiger partial charge in [-0.15, -0.1) is 0 Å². The predicted octanol–water partition coefficient (Wildman–Crippen LogP) is -0.108. The van der Waals surface area contributed by atoms with E-state index in [0.29, 0.717) is 6.29 Å². The second kappa shape index (κ2) is 3.49. The summed E-state index contributed by atoms with van der Waals surface area (Å²) in [5.74, 6) is 0.152. The zero-order valence-electron chi connectivity index (χ0n) is 7.39. The molecule has 0 aliphatic rings. The Labute approximate surface area is 75.4 Å². The van der Waals surface area contributed by atoms with Crippen LogP contribution in [0.5, 0.6) is 5.88 Å². The summed E-state index contributed by atoms with van der Waals surface area (Å²) >= 11 is 0. The lowest BCUT2D eigenvalue weighted by Crippen LogP contribution is -2.25. The minimum atomic E-state index is -1.65. The zero-order chi connectivity index (χ0) is 9.90. The molecule has 0 aromatic carbocycles. The van der Waals surface area contributed by atoms with Crippen molar-refractivity contribution in [2.24, 2.45) is 0 Å².